The van der Waals surface area contributed by atoms with Gasteiger partial charge in [0.25, 0.3) is 0 Å². The number of hydrogen-bond donors (Lipinski definition) is 2. The van der Waals surface area contributed by atoms with Gasteiger partial charge >= 0.3 is 35.4 Å². The Balaban J connectivity index is 0.00000900. The Morgan fingerprint density at radius 1 is 1.19 bits per heavy atom. The van der Waals surface area contributed by atoms with Gasteiger partial charge < -0.3 is 14.8 Å². The van der Waals surface area contributed by atoms with E-state index in [4.69, 9.17) is 0 Å². The van der Waals surface area contributed by atoms with Crippen molar-refractivity contribution in [2.24, 2.45) is 0 Å². The topological polar surface area (TPSA) is 121 Å². The van der Waals surface area contributed by atoms with Crippen LogP contribution in [0.5, 0.6) is 0 Å². The van der Waals surface area contributed by atoms with Crippen molar-refractivity contribution in [3.05, 3.63) is 12.2 Å². The average molecular weight is 470 g/mol. The van der Waals surface area contributed by atoms with Crippen LogP contribution in [-0.2, 0) is 14.9 Å². The van der Waals surface area contributed by atoms with Crippen molar-refractivity contribution in [2.75, 3.05) is 38.5 Å². The first-order valence-electron chi connectivity index (χ1n) is 11.1. The van der Waals surface area contributed by atoms with Gasteiger partial charge in [0, 0.05) is 6.42 Å². The van der Waals surface area contributed by atoms with E-state index in [2.05, 4.69) is 19.1 Å². The summed E-state index contributed by atoms with van der Waals surface area (Å²) in [5.74, 6) is -0.578. The number of aliphatic hydroxyl groups is 2. The van der Waals surface area contributed by atoms with E-state index in [9.17, 15) is 28.0 Å². The summed E-state index contributed by atoms with van der Waals surface area (Å²) < 4.78 is 34.2. The molecule has 1 unspecified atom stereocenters. The zero-order valence-corrected chi connectivity index (χ0v) is 22.0. The van der Waals surface area contributed by atoms with Crippen molar-refractivity contribution in [2.45, 2.75) is 70.8 Å². The van der Waals surface area contributed by atoms with Crippen molar-refractivity contribution in [3.63, 3.8) is 0 Å². The SMILES string of the molecule is CCCCCCC/C=C/CCCC(=O)C1=[N+](CC(O)CS(=O)(=O)[O-])CCN1CCO.[Na+]. The maximum Gasteiger partial charge on any atom is 1.00 e. The Kier molecular flexibility index (Phi) is 17.1. The molecule has 1 aliphatic rings. The third-order valence-electron chi connectivity index (χ3n) is 5.10. The molecule has 0 saturated heterocycles. The minimum Gasteiger partial charge on any atom is -0.748 e. The molecule has 0 bridgehead atoms. The quantitative estimate of drug-likeness (QED) is 0.0854. The van der Waals surface area contributed by atoms with Crippen molar-refractivity contribution < 1.29 is 62.1 Å². The zero-order valence-electron chi connectivity index (χ0n) is 19.2. The molecule has 2 N–H and O–H groups in total. The summed E-state index contributed by atoms with van der Waals surface area (Å²) in [7, 11) is -4.54. The Bertz CT molecular complexity index is 681. The molecule has 0 aromatic heterocycles. The van der Waals surface area contributed by atoms with Crippen molar-refractivity contribution in [1.29, 1.82) is 0 Å². The molecular formula is C21H38N2NaO6S+. The number of carbonyl (C=O) groups is 1. The fourth-order valence-corrected chi connectivity index (χ4v) is 4.24. The van der Waals surface area contributed by atoms with Crippen molar-refractivity contribution in [1.82, 2.24) is 4.90 Å². The number of Topliss-reactive ketones (excluding diaryl/α,β-unsaturated/α-hetero) is 1. The van der Waals surface area contributed by atoms with E-state index >= 15 is 0 Å². The van der Waals surface area contributed by atoms with E-state index in [0.717, 1.165) is 12.8 Å². The molecule has 0 amide bonds. The van der Waals surface area contributed by atoms with Crippen LogP contribution < -0.4 is 29.6 Å². The molecule has 0 aromatic rings. The third-order valence-corrected chi connectivity index (χ3v) is 5.89. The van der Waals surface area contributed by atoms with Crippen molar-refractivity contribution >= 4 is 21.7 Å². The van der Waals surface area contributed by atoms with Gasteiger partial charge in [-0.1, -0.05) is 44.8 Å². The van der Waals surface area contributed by atoms with E-state index in [1.807, 2.05) is 0 Å². The molecule has 1 rings (SSSR count). The van der Waals surface area contributed by atoms with Crippen LogP contribution in [0.3, 0.4) is 0 Å². The maximum atomic E-state index is 12.8. The number of hydrogen-bond acceptors (Lipinski definition) is 7. The van der Waals surface area contributed by atoms with Crippen LogP contribution in [0.2, 0.25) is 0 Å². The normalized spacial score (nSPS) is 15.5. The van der Waals surface area contributed by atoms with Gasteiger partial charge in [-0.25, -0.2) is 8.42 Å². The molecule has 31 heavy (non-hydrogen) atoms. The van der Waals surface area contributed by atoms with Gasteiger partial charge in [-0.3, -0.25) is 14.3 Å². The molecular weight excluding hydrogens is 431 g/mol. The first-order valence-corrected chi connectivity index (χ1v) is 12.6. The molecule has 0 spiro atoms. The largest absolute Gasteiger partial charge is 1.00 e. The molecule has 1 atom stereocenters. The molecule has 8 nitrogen and oxygen atoms in total. The second-order valence-corrected chi connectivity index (χ2v) is 9.30. The predicted octanol–water partition coefficient (Wildman–Crippen LogP) is -1.73. The van der Waals surface area contributed by atoms with Gasteiger partial charge in [0.15, 0.2) is 0 Å². The molecule has 0 radical (unpaired) electrons. The Hall–Kier alpha value is -0.290. The van der Waals surface area contributed by atoms with Gasteiger partial charge in [-0.2, -0.15) is 0 Å². The molecule has 174 valence electrons. The summed E-state index contributed by atoms with van der Waals surface area (Å²) in [5.41, 5.74) is 0. The van der Waals surface area contributed by atoms with Crippen LogP contribution in [0.1, 0.15) is 64.7 Å². The molecule has 0 aliphatic carbocycles. The number of rotatable bonds is 17. The van der Waals surface area contributed by atoms with Crippen LogP contribution in [0, 0.1) is 0 Å². The van der Waals surface area contributed by atoms with Gasteiger partial charge in [0.05, 0.1) is 22.5 Å². The van der Waals surface area contributed by atoms with Crippen molar-refractivity contribution in [3.8, 4) is 0 Å². The number of carbonyl (C=O) groups excluding carboxylic acids is 1. The zero-order chi connectivity index (χ0) is 22.4. The predicted molar refractivity (Wildman–Crippen MR) is 116 cm³/mol. The van der Waals surface area contributed by atoms with Crippen LogP contribution in [0.4, 0.5) is 0 Å². The second-order valence-electron chi connectivity index (χ2n) is 7.85. The smallest absolute Gasteiger partial charge is 0.748 e. The summed E-state index contributed by atoms with van der Waals surface area (Å²) >= 11 is 0. The van der Waals surface area contributed by atoms with E-state index in [-0.39, 0.29) is 48.5 Å². The number of aliphatic hydroxyl groups excluding tert-OH is 2. The molecule has 10 heteroatoms. The fraction of sp³-hybridized carbons (Fsp3) is 0.810. The second kappa shape index (κ2) is 17.2. The minimum absolute atomic E-state index is 0. The summed E-state index contributed by atoms with van der Waals surface area (Å²) in [4.78, 5) is 14.5. The van der Waals surface area contributed by atoms with Gasteiger partial charge in [-0.05, 0) is 25.7 Å². The maximum absolute atomic E-state index is 12.8. The van der Waals surface area contributed by atoms with Crippen LogP contribution in [-0.4, -0.2) is 88.9 Å². The summed E-state index contributed by atoms with van der Waals surface area (Å²) in [6, 6.07) is 0. The van der Waals surface area contributed by atoms with Crippen LogP contribution >= 0.6 is 0 Å². The molecule has 0 aromatic carbocycles. The Morgan fingerprint density at radius 3 is 2.45 bits per heavy atom. The monoisotopic (exact) mass is 469 g/mol. The summed E-state index contributed by atoms with van der Waals surface area (Å²) in [6.45, 7) is 3.24. The first-order chi connectivity index (χ1) is 14.3. The third kappa shape index (κ3) is 13.8. The minimum atomic E-state index is -4.54. The van der Waals surface area contributed by atoms with E-state index in [0.29, 0.717) is 38.3 Å². The Morgan fingerprint density at radius 2 is 1.84 bits per heavy atom. The van der Waals surface area contributed by atoms with Crippen LogP contribution in [0.15, 0.2) is 12.2 Å². The molecule has 1 heterocycles. The molecule has 0 fully saturated rings. The number of unbranched alkanes of at least 4 members (excludes halogenated alkanes) is 6. The number of allylic oxidation sites excluding steroid dienone is 2. The summed E-state index contributed by atoms with van der Waals surface area (Å²) in [6.07, 6.45) is 12.1. The first kappa shape index (κ1) is 30.7. The van der Waals surface area contributed by atoms with Gasteiger partial charge in [-0.15, -0.1) is 0 Å². The molecule has 1 aliphatic heterocycles. The van der Waals surface area contributed by atoms with Crippen LogP contribution in [0.25, 0.3) is 0 Å². The number of β-amino-alcohol motifs (C(OH)–C–C–N with tert-alkyl or cyclic N) is 2. The number of nitrogens with zero attached hydrogens (tertiary/aromatic N) is 2. The van der Waals surface area contributed by atoms with E-state index in [1.165, 1.54) is 32.1 Å². The van der Waals surface area contributed by atoms with E-state index in [1.54, 1.807) is 9.48 Å². The van der Waals surface area contributed by atoms with E-state index < -0.39 is 22.0 Å². The fourth-order valence-electron chi connectivity index (χ4n) is 3.66. The number of amidine groups is 1. The average Bonchev–Trinajstić information content (AvgIpc) is 3.04. The Labute approximate surface area is 209 Å². The standard InChI is InChI=1S/C21H38N2O6S.Na/c1-2-3-4-5-6-7-8-9-10-11-12-20(26)21-22(15-16-24)13-14-23(21)17-19(25)18-30(27,28)29;/h8-9,19,24-25H,2-7,10-18H2,1H3;/q;+1/b9-8+;. The summed E-state index contributed by atoms with van der Waals surface area (Å²) in [5, 5.41) is 19.2. The molecule has 0 saturated carbocycles. The number of ketones is 1. The van der Waals surface area contributed by atoms with Gasteiger partial charge in [0.1, 0.15) is 32.3 Å². The van der Waals surface area contributed by atoms with Gasteiger partial charge in [0.2, 0.25) is 5.78 Å².